The van der Waals surface area contributed by atoms with Crippen molar-refractivity contribution in [2.45, 2.75) is 38.6 Å². The number of fused-ring (bicyclic) bond motifs is 1. The van der Waals surface area contributed by atoms with E-state index in [1.54, 1.807) is 0 Å². The molecule has 4 nitrogen and oxygen atoms in total. The first-order chi connectivity index (χ1) is 10.1. The van der Waals surface area contributed by atoms with Crippen molar-refractivity contribution in [2.75, 3.05) is 0 Å². The van der Waals surface area contributed by atoms with Gasteiger partial charge in [0.15, 0.2) is 5.69 Å². The first-order valence-corrected chi connectivity index (χ1v) is 7.84. The molecule has 0 bridgehead atoms. The van der Waals surface area contributed by atoms with Crippen LogP contribution in [-0.4, -0.2) is 14.7 Å². The number of rotatable bonds is 2. The molecular formula is C15H15Cl2N3O. The standard InChI is InChI=1S/C15H15Cl2N3O/c16-13-12-11(21)7-19-10(6-18)14(12)20(15(13)17)8-9-4-2-1-3-5-9/h7,9,21H,1-5,8H2. The minimum absolute atomic E-state index is 0.0432. The Hall–Kier alpha value is -1.44. The van der Waals surface area contributed by atoms with Gasteiger partial charge in [0.2, 0.25) is 0 Å². The fraction of sp³-hybridized carbons (Fsp3) is 0.467. The molecule has 21 heavy (non-hydrogen) atoms. The van der Waals surface area contributed by atoms with E-state index in [0.717, 1.165) is 12.8 Å². The van der Waals surface area contributed by atoms with Crippen LogP contribution in [0.4, 0.5) is 0 Å². The van der Waals surface area contributed by atoms with Gasteiger partial charge in [-0.15, -0.1) is 0 Å². The van der Waals surface area contributed by atoms with Gasteiger partial charge >= 0.3 is 0 Å². The summed E-state index contributed by atoms with van der Waals surface area (Å²) >= 11 is 12.6. The second-order valence-corrected chi connectivity index (χ2v) is 6.28. The summed E-state index contributed by atoms with van der Waals surface area (Å²) in [5.41, 5.74) is 0.783. The van der Waals surface area contributed by atoms with Crippen LogP contribution in [0.3, 0.4) is 0 Å². The third-order valence-electron chi connectivity index (χ3n) is 4.21. The lowest BCUT2D eigenvalue weighted by Gasteiger charge is -2.23. The number of nitrogens with zero attached hydrogens (tertiary/aromatic N) is 3. The van der Waals surface area contributed by atoms with Crippen molar-refractivity contribution < 1.29 is 5.11 Å². The summed E-state index contributed by atoms with van der Waals surface area (Å²) in [6.07, 6.45) is 7.29. The van der Waals surface area contributed by atoms with Gasteiger partial charge in [-0.1, -0.05) is 42.5 Å². The lowest BCUT2D eigenvalue weighted by atomic mass is 9.89. The summed E-state index contributed by atoms with van der Waals surface area (Å²) in [7, 11) is 0. The van der Waals surface area contributed by atoms with Gasteiger partial charge in [-0.25, -0.2) is 4.98 Å². The lowest BCUT2D eigenvalue weighted by molar-refractivity contribution is 0.322. The molecule has 2 aromatic heterocycles. The third kappa shape index (κ3) is 2.45. The molecule has 2 heterocycles. The van der Waals surface area contributed by atoms with Crippen LogP contribution in [0.5, 0.6) is 5.75 Å². The molecule has 0 aromatic carbocycles. The summed E-state index contributed by atoms with van der Waals surface area (Å²) in [6.45, 7) is 0.710. The second kappa shape index (κ2) is 5.75. The van der Waals surface area contributed by atoms with E-state index in [2.05, 4.69) is 11.1 Å². The zero-order valence-electron chi connectivity index (χ0n) is 11.4. The Morgan fingerprint density at radius 2 is 2.05 bits per heavy atom. The Morgan fingerprint density at radius 3 is 2.71 bits per heavy atom. The molecule has 1 saturated carbocycles. The van der Waals surface area contributed by atoms with Gasteiger partial charge in [0, 0.05) is 6.54 Å². The maximum absolute atomic E-state index is 9.99. The van der Waals surface area contributed by atoms with Gasteiger partial charge in [-0.3, -0.25) is 0 Å². The average Bonchev–Trinajstić information content (AvgIpc) is 2.75. The van der Waals surface area contributed by atoms with E-state index < -0.39 is 0 Å². The maximum atomic E-state index is 9.99. The molecule has 1 aliphatic carbocycles. The fourth-order valence-electron chi connectivity index (χ4n) is 3.17. The predicted molar refractivity (Wildman–Crippen MR) is 82.7 cm³/mol. The van der Waals surface area contributed by atoms with E-state index in [9.17, 15) is 10.4 Å². The third-order valence-corrected chi connectivity index (χ3v) is 5.07. The van der Waals surface area contributed by atoms with Crippen molar-refractivity contribution >= 4 is 34.1 Å². The molecule has 0 saturated heterocycles. The molecule has 0 radical (unpaired) electrons. The van der Waals surface area contributed by atoms with Crippen molar-refractivity contribution in [1.82, 2.24) is 9.55 Å². The first-order valence-electron chi connectivity index (χ1n) is 7.08. The molecular weight excluding hydrogens is 309 g/mol. The maximum Gasteiger partial charge on any atom is 0.165 e. The van der Waals surface area contributed by atoms with Crippen LogP contribution < -0.4 is 0 Å². The molecule has 3 rings (SSSR count). The van der Waals surface area contributed by atoms with Crippen LogP contribution >= 0.6 is 23.2 Å². The Labute approximate surface area is 132 Å². The van der Waals surface area contributed by atoms with Gasteiger partial charge in [-0.05, 0) is 18.8 Å². The molecule has 110 valence electrons. The smallest absolute Gasteiger partial charge is 0.165 e. The van der Waals surface area contributed by atoms with Gasteiger partial charge in [-0.2, -0.15) is 5.26 Å². The average molecular weight is 324 g/mol. The number of hydrogen-bond donors (Lipinski definition) is 1. The van der Waals surface area contributed by atoms with Gasteiger partial charge in [0.1, 0.15) is 17.0 Å². The van der Waals surface area contributed by atoms with Crippen LogP contribution in [-0.2, 0) is 6.54 Å². The van der Waals surface area contributed by atoms with Crippen molar-refractivity contribution in [3.05, 3.63) is 22.1 Å². The minimum Gasteiger partial charge on any atom is -0.506 e. The zero-order chi connectivity index (χ0) is 15.0. The monoisotopic (exact) mass is 323 g/mol. The highest BCUT2D eigenvalue weighted by molar-refractivity contribution is 6.45. The van der Waals surface area contributed by atoms with Gasteiger partial charge in [0.25, 0.3) is 0 Å². The van der Waals surface area contributed by atoms with Gasteiger partial charge in [0.05, 0.1) is 22.1 Å². The number of halogens is 2. The Morgan fingerprint density at radius 1 is 1.33 bits per heavy atom. The second-order valence-electron chi connectivity index (χ2n) is 5.55. The fourth-order valence-corrected chi connectivity index (χ4v) is 3.71. The Balaban J connectivity index is 2.15. The van der Waals surface area contributed by atoms with E-state index in [0.29, 0.717) is 33.5 Å². The normalized spacial score (nSPS) is 16.2. The Bertz CT molecular complexity index is 727. The van der Waals surface area contributed by atoms with Crippen LogP contribution in [0.15, 0.2) is 6.20 Å². The number of hydrogen-bond acceptors (Lipinski definition) is 3. The van der Waals surface area contributed by atoms with E-state index in [1.807, 2.05) is 4.57 Å². The highest BCUT2D eigenvalue weighted by atomic mass is 35.5. The molecule has 2 aromatic rings. The van der Waals surface area contributed by atoms with E-state index in [1.165, 1.54) is 25.5 Å². The summed E-state index contributed by atoms with van der Waals surface area (Å²) in [6, 6.07) is 2.06. The number of pyridine rings is 1. The van der Waals surface area contributed by atoms with Gasteiger partial charge < -0.3 is 9.67 Å². The van der Waals surface area contributed by atoms with Crippen LogP contribution in [0.25, 0.3) is 10.9 Å². The molecule has 0 spiro atoms. The summed E-state index contributed by atoms with van der Waals surface area (Å²) in [5, 5.41) is 20.3. The van der Waals surface area contributed by atoms with E-state index in [4.69, 9.17) is 23.2 Å². The molecule has 0 amide bonds. The molecule has 0 atom stereocenters. The Kier molecular flexibility index (Phi) is 3.97. The molecule has 1 fully saturated rings. The van der Waals surface area contributed by atoms with Crippen LogP contribution in [0.1, 0.15) is 37.8 Å². The molecule has 0 unspecified atom stereocenters. The van der Waals surface area contributed by atoms with Crippen molar-refractivity contribution in [3.63, 3.8) is 0 Å². The summed E-state index contributed by atoms with van der Waals surface area (Å²) < 4.78 is 1.83. The largest absolute Gasteiger partial charge is 0.506 e. The summed E-state index contributed by atoms with van der Waals surface area (Å²) in [4.78, 5) is 3.98. The quantitative estimate of drug-likeness (QED) is 0.884. The highest BCUT2D eigenvalue weighted by Gasteiger charge is 2.23. The van der Waals surface area contributed by atoms with Crippen molar-refractivity contribution in [1.29, 1.82) is 5.26 Å². The minimum atomic E-state index is -0.0432. The molecule has 1 N–H and O–H groups in total. The first kappa shape index (κ1) is 14.5. The lowest BCUT2D eigenvalue weighted by Crippen LogP contribution is -2.14. The number of aromatic hydroxyl groups is 1. The van der Waals surface area contributed by atoms with Crippen molar-refractivity contribution in [3.8, 4) is 11.8 Å². The molecule has 6 heteroatoms. The summed E-state index contributed by atoms with van der Waals surface area (Å²) in [5.74, 6) is 0.482. The SMILES string of the molecule is N#Cc1ncc(O)c2c(Cl)c(Cl)n(CC3CCCCC3)c12. The number of nitriles is 1. The molecule has 1 aliphatic rings. The van der Waals surface area contributed by atoms with Crippen molar-refractivity contribution in [2.24, 2.45) is 5.92 Å². The predicted octanol–water partition coefficient (Wildman–Crippen LogP) is 4.50. The van der Waals surface area contributed by atoms with E-state index in [-0.39, 0.29) is 11.4 Å². The number of aromatic nitrogens is 2. The highest BCUT2D eigenvalue weighted by Crippen LogP contribution is 2.41. The van der Waals surface area contributed by atoms with E-state index >= 15 is 0 Å². The topological polar surface area (TPSA) is 61.8 Å². The molecule has 0 aliphatic heterocycles. The van der Waals surface area contributed by atoms with Crippen LogP contribution in [0.2, 0.25) is 10.2 Å². The zero-order valence-corrected chi connectivity index (χ0v) is 13.0. The van der Waals surface area contributed by atoms with Crippen LogP contribution in [0, 0.1) is 17.2 Å².